The second-order valence-corrected chi connectivity index (χ2v) is 5.57. The molecule has 2 atom stereocenters. The van der Waals surface area contributed by atoms with Gasteiger partial charge in [0, 0.05) is 6.04 Å². The minimum atomic E-state index is 0.340. The Morgan fingerprint density at radius 2 is 1.85 bits per heavy atom. The molecule has 0 saturated heterocycles. The van der Waals surface area contributed by atoms with Crippen molar-refractivity contribution in [2.24, 2.45) is 5.92 Å². The number of hydrogen-bond donors (Lipinski definition) is 2. The molecule has 0 aliphatic heterocycles. The van der Waals surface area contributed by atoms with Crippen molar-refractivity contribution >= 4 is 0 Å². The fourth-order valence-corrected chi connectivity index (χ4v) is 3.30. The standard InChI is InChI=1S/C18H21NO/c1-2-19-18-15(11-13-7-9-16(20)10-8-13)12-14-5-3-4-6-17(14)18/h3-10,15,18-20H,2,11-12H2,1H3. The molecule has 2 aromatic carbocycles. The average molecular weight is 267 g/mol. The highest BCUT2D eigenvalue weighted by atomic mass is 16.3. The van der Waals surface area contributed by atoms with Gasteiger partial charge in [-0.3, -0.25) is 0 Å². The third-order valence-corrected chi connectivity index (χ3v) is 4.20. The maximum atomic E-state index is 9.38. The van der Waals surface area contributed by atoms with E-state index < -0.39 is 0 Å². The zero-order valence-corrected chi connectivity index (χ0v) is 11.8. The number of nitrogens with one attached hydrogen (secondary N) is 1. The molecule has 0 bridgehead atoms. The molecular weight excluding hydrogens is 246 g/mol. The van der Waals surface area contributed by atoms with Gasteiger partial charge in [-0.15, -0.1) is 0 Å². The lowest BCUT2D eigenvalue weighted by Gasteiger charge is -2.21. The van der Waals surface area contributed by atoms with Gasteiger partial charge < -0.3 is 10.4 Å². The third-order valence-electron chi connectivity index (χ3n) is 4.20. The Morgan fingerprint density at radius 1 is 1.10 bits per heavy atom. The Balaban J connectivity index is 1.81. The molecule has 104 valence electrons. The summed E-state index contributed by atoms with van der Waals surface area (Å²) < 4.78 is 0. The van der Waals surface area contributed by atoms with E-state index in [9.17, 15) is 5.11 Å². The van der Waals surface area contributed by atoms with Crippen LogP contribution in [0.3, 0.4) is 0 Å². The highest BCUT2D eigenvalue weighted by Gasteiger charge is 2.31. The van der Waals surface area contributed by atoms with Crippen molar-refractivity contribution in [3.8, 4) is 5.75 Å². The molecule has 2 nitrogen and oxygen atoms in total. The van der Waals surface area contributed by atoms with E-state index in [0.717, 1.165) is 19.4 Å². The molecule has 0 fully saturated rings. The molecule has 2 aromatic rings. The van der Waals surface area contributed by atoms with Crippen molar-refractivity contribution in [2.75, 3.05) is 6.54 Å². The topological polar surface area (TPSA) is 32.3 Å². The van der Waals surface area contributed by atoms with Gasteiger partial charge in [-0.25, -0.2) is 0 Å². The molecule has 0 amide bonds. The molecule has 0 aromatic heterocycles. The number of aromatic hydroxyl groups is 1. The maximum absolute atomic E-state index is 9.38. The number of benzene rings is 2. The van der Waals surface area contributed by atoms with Crippen LogP contribution >= 0.6 is 0 Å². The molecule has 20 heavy (non-hydrogen) atoms. The largest absolute Gasteiger partial charge is 0.508 e. The van der Waals surface area contributed by atoms with Crippen LogP contribution in [0.4, 0.5) is 0 Å². The Hall–Kier alpha value is -1.80. The van der Waals surface area contributed by atoms with Crippen molar-refractivity contribution in [3.05, 3.63) is 65.2 Å². The number of hydrogen-bond acceptors (Lipinski definition) is 2. The fourth-order valence-electron chi connectivity index (χ4n) is 3.30. The van der Waals surface area contributed by atoms with Crippen LogP contribution in [0.1, 0.15) is 29.7 Å². The quantitative estimate of drug-likeness (QED) is 0.889. The van der Waals surface area contributed by atoms with Crippen LogP contribution in [0.25, 0.3) is 0 Å². The molecule has 2 heteroatoms. The summed E-state index contributed by atoms with van der Waals surface area (Å²) in [6.45, 7) is 3.16. The molecular formula is C18H21NO. The summed E-state index contributed by atoms with van der Waals surface area (Å²) in [4.78, 5) is 0. The minimum absolute atomic E-state index is 0.340. The lowest BCUT2D eigenvalue weighted by atomic mass is 9.92. The highest BCUT2D eigenvalue weighted by molar-refractivity contribution is 5.37. The van der Waals surface area contributed by atoms with E-state index in [1.807, 2.05) is 12.1 Å². The molecule has 0 saturated carbocycles. The smallest absolute Gasteiger partial charge is 0.115 e. The maximum Gasteiger partial charge on any atom is 0.115 e. The molecule has 0 spiro atoms. The van der Waals surface area contributed by atoms with Crippen LogP contribution in [0.2, 0.25) is 0 Å². The van der Waals surface area contributed by atoms with Crippen LogP contribution in [0.5, 0.6) is 5.75 Å². The van der Waals surface area contributed by atoms with Crippen molar-refractivity contribution in [2.45, 2.75) is 25.8 Å². The number of rotatable bonds is 4. The normalized spacial score (nSPS) is 20.9. The predicted molar refractivity (Wildman–Crippen MR) is 81.9 cm³/mol. The molecule has 1 aliphatic carbocycles. The van der Waals surface area contributed by atoms with Gasteiger partial charge in [0.1, 0.15) is 5.75 Å². The van der Waals surface area contributed by atoms with Crippen molar-refractivity contribution in [1.82, 2.24) is 5.32 Å². The number of phenols is 1. The number of fused-ring (bicyclic) bond motifs is 1. The minimum Gasteiger partial charge on any atom is -0.508 e. The van der Waals surface area contributed by atoms with Gasteiger partial charge in [0.2, 0.25) is 0 Å². The Labute approximate surface area is 120 Å². The fraction of sp³-hybridized carbons (Fsp3) is 0.333. The van der Waals surface area contributed by atoms with Crippen molar-refractivity contribution < 1.29 is 5.11 Å². The average Bonchev–Trinajstić information content (AvgIpc) is 2.80. The van der Waals surface area contributed by atoms with E-state index in [1.54, 1.807) is 12.1 Å². The van der Waals surface area contributed by atoms with E-state index >= 15 is 0 Å². The molecule has 3 rings (SSSR count). The first kappa shape index (κ1) is 13.2. The predicted octanol–water partition coefficient (Wildman–Crippen LogP) is 3.46. The summed E-state index contributed by atoms with van der Waals surface area (Å²) >= 11 is 0. The molecule has 2 unspecified atom stereocenters. The van der Waals surface area contributed by atoms with Crippen molar-refractivity contribution in [1.29, 1.82) is 0 Å². The summed E-state index contributed by atoms with van der Waals surface area (Å²) in [6.07, 6.45) is 2.18. The first-order valence-corrected chi connectivity index (χ1v) is 7.37. The van der Waals surface area contributed by atoms with Crippen LogP contribution < -0.4 is 5.32 Å². The van der Waals surface area contributed by atoms with Crippen LogP contribution in [-0.4, -0.2) is 11.7 Å². The molecule has 2 N–H and O–H groups in total. The molecule has 0 heterocycles. The van der Waals surface area contributed by atoms with Gasteiger partial charge in [-0.05, 0) is 54.1 Å². The third kappa shape index (κ3) is 2.56. The van der Waals surface area contributed by atoms with Crippen LogP contribution in [0, 0.1) is 5.92 Å². The highest BCUT2D eigenvalue weighted by Crippen LogP contribution is 2.37. The summed E-state index contributed by atoms with van der Waals surface area (Å²) in [5.41, 5.74) is 4.23. The summed E-state index contributed by atoms with van der Waals surface area (Å²) in [7, 11) is 0. The van der Waals surface area contributed by atoms with Gasteiger partial charge in [0.25, 0.3) is 0 Å². The summed E-state index contributed by atoms with van der Waals surface area (Å²) in [5.74, 6) is 0.934. The first-order valence-electron chi connectivity index (χ1n) is 7.37. The van der Waals surface area contributed by atoms with Gasteiger partial charge in [-0.2, -0.15) is 0 Å². The van der Waals surface area contributed by atoms with E-state index in [0.29, 0.717) is 17.7 Å². The summed E-state index contributed by atoms with van der Waals surface area (Å²) in [5, 5.41) is 13.0. The van der Waals surface area contributed by atoms with Gasteiger partial charge in [0.15, 0.2) is 0 Å². The second-order valence-electron chi connectivity index (χ2n) is 5.57. The van der Waals surface area contributed by atoms with E-state index in [4.69, 9.17) is 0 Å². The van der Waals surface area contributed by atoms with Crippen LogP contribution in [-0.2, 0) is 12.8 Å². The Bertz CT molecular complexity index is 576. The van der Waals surface area contributed by atoms with Crippen molar-refractivity contribution in [3.63, 3.8) is 0 Å². The van der Waals surface area contributed by atoms with E-state index in [-0.39, 0.29) is 0 Å². The second kappa shape index (κ2) is 5.68. The van der Waals surface area contributed by atoms with Gasteiger partial charge >= 0.3 is 0 Å². The molecule has 0 radical (unpaired) electrons. The van der Waals surface area contributed by atoms with E-state index in [1.165, 1.54) is 16.7 Å². The summed E-state index contributed by atoms with van der Waals surface area (Å²) in [6, 6.07) is 16.8. The van der Waals surface area contributed by atoms with E-state index in [2.05, 4.69) is 36.5 Å². The SMILES string of the molecule is CCNC1c2ccccc2CC1Cc1ccc(O)cc1. The first-order chi connectivity index (χ1) is 9.78. The van der Waals surface area contributed by atoms with Gasteiger partial charge in [0.05, 0.1) is 0 Å². The van der Waals surface area contributed by atoms with Crippen LogP contribution in [0.15, 0.2) is 48.5 Å². The lowest BCUT2D eigenvalue weighted by Crippen LogP contribution is -2.26. The number of phenolic OH excluding ortho intramolecular Hbond substituents is 1. The van der Waals surface area contributed by atoms with Gasteiger partial charge in [-0.1, -0.05) is 43.3 Å². The lowest BCUT2D eigenvalue weighted by molar-refractivity contribution is 0.393. The Kier molecular flexibility index (Phi) is 3.75. The zero-order chi connectivity index (χ0) is 13.9. The Morgan fingerprint density at radius 3 is 2.60 bits per heavy atom. The molecule has 1 aliphatic rings. The monoisotopic (exact) mass is 267 g/mol. The zero-order valence-electron chi connectivity index (χ0n) is 11.8.